The minimum Gasteiger partial charge on any atom is -0.465 e. The Labute approximate surface area is 178 Å². The molecular formula is C23H18N4O2S. The van der Waals surface area contributed by atoms with Gasteiger partial charge in [-0.1, -0.05) is 30.0 Å². The van der Waals surface area contributed by atoms with E-state index in [0.717, 1.165) is 26.4 Å². The summed E-state index contributed by atoms with van der Waals surface area (Å²) in [7, 11) is 1.52. The van der Waals surface area contributed by atoms with E-state index < -0.39 is 6.09 Å². The highest BCUT2D eigenvalue weighted by Crippen LogP contribution is 2.38. The van der Waals surface area contributed by atoms with Crippen LogP contribution < -0.4 is 4.90 Å². The molecule has 0 spiro atoms. The lowest BCUT2D eigenvalue weighted by atomic mass is 10.2. The van der Waals surface area contributed by atoms with Gasteiger partial charge >= 0.3 is 6.09 Å². The van der Waals surface area contributed by atoms with Gasteiger partial charge in [-0.15, -0.1) is 0 Å². The van der Waals surface area contributed by atoms with Crippen molar-refractivity contribution >= 4 is 34.4 Å². The average Bonchev–Trinajstić information content (AvgIpc) is 3.10. The first-order valence-electron chi connectivity index (χ1n) is 9.23. The predicted octanol–water partition coefficient (Wildman–Crippen LogP) is 5.22. The number of anilines is 1. The zero-order chi connectivity index (χ0) is 21.1. The Balaban J connectivity index is 1.82. The topological polar surface area (TPSA) is 82.2 Å². The molecule has 0 radical (unpaired) electrons. The highest BCUT2D eigenvalue weighted by molar-refractivity contribution is 7.99. The van der Waals surface area contributed by atoms with Gasteiger partial charge in [0.2, 0.25) is 0 Å². The molecule has 30 heavy (non-hydrogen) atoms. The molecule has 0 aliphatic rings. The van der Waals surface area contributed by atoms with Crippen molar-refractivity contribution in [3.8, 4) is 6.07 Å². The third-order valence-corrected chi connectivity index (χ3v) is 5.91. The number of nitriles is 1. The van der Waals surface area contributed by atoms with Gasteiger partial charge in [-0.2, -0.15) is 5.26 Å². The average molecular weight is 414 g/mol. The molecule has 0 aliphatic heterocycles. The molecule has 7 heteroatoms. The SMILES string of the molecule is CN(C(=O)O)c1ccc2c(Sc3ccccc3C#N)cn(Cc3ccccn3)c2c1. The monoisotopic (exact) mass is 414 g/mol. The van der Waals surface area contributed by atoms with Crippen LogP contribution in [0.15, 0.2) is 82.8 Å². The zero-order valence-corrected chi connectivity index (χ0v) is 17.0. The van der Waals surface area contributed by atoms with Gasteiger partial charge in [-0.3, -0.25) is 9.88 Å². The number of amides is 1. The number of nitrogens with zero attached hydrogens (tertiary/aromatic N) is 4. The summed E-state index contributed by atoms with van der Waals surface area (Å²) in [6.07, 6.45) is 2.77. The quantitative estimate of drug-likeness (QED) is 0.484. The van der Waals surface area contributed by atoms with E-state index in [-0.39, 0.29) is 0 Å². The standard InChI is InChI=1S/C23H18N4O2S/c1-26(23(28)29)18-9-10-19-20(12-18)27(14-17-7-4-5-11-25-17)15-22(19)30-21-8-3-2-6-16(21)13-24/h2-12,15H,14H2,1H3,(H,28,29). The fourth-order valence-corrected chi connectivity index (χ4v) is 4.28. The van der Waals surface area contributed by atoms with Crippen LogP contribution in [0.1, 0.15) is 11.3 Å². The number of hydrogen-bond acceptors (Lipinski definition) is 4. The van der Waals surface area contributed by atoms with Crippen molar-refractivity contribution < 1.29 is 9.90 Å². The molecule has 0 bridgehead atoms. The van der Waals surface area contributed by atoms with Gasteiger partial charge in [0.05, 0.1) is 23.3 Å². The third-order valence-electron chi connectivity index (χ3n) is 4.79. The second-order valence-corrected chi connectivity index (χ2v) is 7.78. The number of carbonyl (C=O) groups is 1. The molecule has 6 nitrogen and oxygen atoms in total. The van der Waals surface area contributed by atoms with Crippen molar-refractivity contribution in [1.82, 2.24) is 9.55 Å². The Kier molecular flexibility index (Phi) is 5.42. The fourth-order valence-electron chi connectivity index (χ4n) is 3.21. The largest absolute Gasteiger partial charge is 0.465 e. The molecule has 4 aromatic rings. The van der Waals surface area contributed by atoms with E-state index in [1.165, 1.54) is 23.7 Å². The van der Waals surface area contributed by atoms with Gasteiger partial charge in [0.15, 0.2) is 0 Å². The molecule has 0 aliphatic carbocycles. The first-order valence-corrected chi connectivity index (χ1v) is 10.0. The normalized spacial score (nSPS) is 10.7. The van der Waals surface area contributed by atoms with Gasteiger partial charge < -0.3 is 9.67 Å². The zero-order valence-electron chi connectivity index (χ0n) is 16.2. The fraction of sp³-hybridized carbons (Fsp3) is 0.0870. The highest BCUT2D eigenvalue weighted by atomic mass is 32.2. The minimum atomic E-state index is -1.02. The lowest BCUT2D eigenvalue weighted by Gasteiger charge is -2.14. The second kappa shape index (κ2) is 8.31. The summed E-state index contributed by atoms with van der Waals surface area (Å²) < 4.78 is 2.06. The van der Waals surface area contributed by atoms with Crippen LogP contribution in [-0.4, -0.2) is 27.8 Å². The summed E-state index contributed by atoms with van der Waals surface area (Å²) in [5.74, 6) is 0. The Morgan fingerprint density at radius 2 is 1.97 bits per heavy atom. The number of pyridine rings is 1. The number of fused-ring (bicyclic) bond motifs is 1. The Hall–Kier alpha value is -3.76. The molecule has 1 amide bonds. The van der Waals surface area contributed by atoms with Crippen LogP contribution in [0.3, 0.4) is 0 Å². The molecule has 0 atom stereocenters. The number of carboxylic acid groups (broad SMARTS) is 1. The second-order valence-electron chi connectivity index (χ2n) is 6.70. The summed E-state index contributed by atoms with van der Waals surface area (Å²) in [5.41, 5.74) is 3.02. The number of rotatable bonds is 5. The minimum absolute atomic E-state index is 0.554. The van der Waals surface area contributed by atoms with Crippen molar-refractivity contribution in [2.45, 2.75) is 16.3 Å². The maximum absolute atomic E-state index is 11.4. The Morgan fingerprint density at radius 3 is 2.70 bits per heavy atom. The van der Waals surface area contributed by atoms with E-state index in [9.17, 15) is 15.2 Å². The van der Waals surface area contributed by atoms with Crippen molar-refractivity contribution in [3.05, 3.63) is 84.3 Å². The third kappa shape index (κ3) is 3.86. The predicted molar refractivity (Wildman–Crippen MR) is 117 cm³/mol. The summed E-state index contributed by atoms with van der Waals surface area (Å²) in [6, 6.07) is 21.1. The van der Waals surface area contributed by atoms with Gasteiger partial charge in [0.1, 0.15) is 6.07 Å². The molecule has 2 heterocycles. The Bertz CT molecular complexity index is 1260. The van der Waals surface area contributed by atoms with E-state index in [0.29, 0.717) is 17.8 Å². The molecule has 0 saturated carbocycles. The number of aromatic nitrogens is 2. The molecule has 0 saturated heterocycles. The maximum Gasteiger partial charge on any atom is 0.411 e. The molecule has 4 rings (SSSR count). The van der Waals surface area contributed by atoms with Crippen molar-refractivity contribution in [2.24, 2.45) is 0 Å². The van der Waals surface area contributed by atoms with Crippen LogP contribution in [0.25, 0.3) is 10.9 Å². The first kappa shape index (κ1) is 19.6. The van der Waals surface area contributed by atoms with E-state index >= 15 is 0 Å². The van der Waals surface area contributed by atoms with Crippen LogP contribution in [-0.2, 0) is 6.54 Å². The van der Waals surface area contributed by atoms with Crippen LogP contribution in [0.5, 0.6) is 0 Å². The smallest absolute Gasteiger partial charge is 0.411 e. The van der Waals surface area contributed by atoms with E-state index in [2.05, 4.69) is 15.6 Å². The molecule has 0 unspecified atom stereocenters. The maximum atomic E-state index is 11.4. The summed E-state index contributed by atoms with van der Waals surface area (Å²) >= 11 is 1.53. The molecule has 148 valence electrons. The molecule has 0 fully saturated rings. The molecular weight excluding hydrogens is 396 g/mol. The van der Waals surface area contributed by atoms with Crippen LogP contribution in [0.4, 0.5) is 10.5 Å². The highest BCUT2D eigenvalue weighted by Gasteiger charge is 2.16. The van der Waals surface area contributed by atoms with Gasteiger partial charge in [-0.25, -0.2) is 4.79 Å². The first-order chi connectivity index (χ1) is 14.6. The summed E-state index contributed by atoms with van der Waals surface area (Å²) in [4.78, 5) is 18.9. The van der Waals surface area contributed by atoms with Gasteiger partial charge in [-0.05, 0) is 42.5 Å². The van der Waals surface area contributed by atoms with Crippen LogP contribution in [0, 0.1) is 11.3 Å². The lowest BCUT2D eigenvalue weighted by Crippen LogP contribution is -2.23. The van der Waals surface area contributed by atoms with Gasteiger partial charge in [0, 0.05) is 40.3 Å². The summed E-state index contributed by atoms with van der Waals surface area (Å²) in [6.45, 7) is 0.554. The van der Waals surface area contributed by atoms with E-state index in [1.54, 1.807) is 18.3 Å². The molecule has 2 aromatic carbocycles. The summed E-state index contributed by atoms with van der Waals surface area (Å²) in [5, 5.41) is 19.8. The van der Waals surface area contributed by atoms with Crippen molar-refractivity contribution in [1.29, 1.82) is 5.26 Å². The van der Waals surface area contributed by atoms with E-state index in [4.69, 9.17) is 0 Å². The Morgan fingerprint density at radius 1 is 1.17 bits per heavy atom. The molecule has 1 N–H and O–H groups in total. The van der Waals surface area contributed by atoms with Crippen LogP contribution in [0.2, 0.25) is 0 Å². The number of hydrogen-bond donors (Lipinski definition) is 1. The van der Waals surface area contributed by atoms with Crippen molar-refractivity contribution in [3.63, 3.8) is 0 Å². The van der Waals surface area contributed by atoms with Gasteiger partial charge in [0.25, 0.3) is 0 Å². The van der Waals surface area contributed by atoms with Crippen LogP contribution >= 0.6 is 11.8 Å². The van der Waals surface area contributed by atoms with Crippen molar-refractivity contribution in [2.75, 3.05) is 11.9 Å². The lowest BCUT2D eigenvalue weighted by molar-refractivity contribution is 0.203. The molecule has 2 aromatic heterocycles. The number of benzene rings is 2. The van der Waals surface area contributed by atoms with E-state index in [1.807, 2.05) is 54.7 Å².